The summed E-state index contributed by atoms with van der Waals surface area (Å²) in [6.45, 7) is 3.70. The van der Waals surface area contributed by atoms with E-state index in [0.717, 1.165) is 23.3 Å². The molecule has 0 bridgehead atoms. The summed E-state index contributed by atoms with van der Waals surface area (Å²) >= 11 is 0. The highest BCUT2D eigenvalue weighted by Crippen LogP contribution is 2.27. The average molecular weight is 266 g/mol. The molecule has 0 saturated carbocycles. The molecule has 0 fully saturated rings. The normalized spacial score (nSPS) is 12.5. The molecule has 100 valence electrons. The molecule has 0 aliphatic rings. The zero-order chi connectivity index (χ0) is 14.2. The Morgan fingerprint density at radius 1 is 0.947 bits per heavy atom. The SMILES string of the molecule is Cc1ccc(C(O)c2cc(F)c(F)c(F)c2)c(C)c1. The lowest BCUT2D eigenvalue weighted by Crippen LogP contribution is -2.05. The van der Waals surface area contributed by atoms with Crippen molar-refractivity contribution in [2.45, 2.75) is 20.0 Å². The van der Waals surface area contributed by atoms with Crippen LogP contribution >= 0.6 is 0 Å². The summed E-state index contributed by atoms with van der Waals surface area (Å²) in [6, 6.07) is 6.95. The van der Waals surface area contributed by atoms with Crippen LogP contribution in [0.3, 0.4) is 0 Å². The second kappa shape index (κ2) is 5.05. The largest absolute Gasteiger partial charge is 0.384 e. The molecule has 4 heteroatoms. The van der Waals surface area contributed by atoms with E-state index < -0.39 is 23.6 Å². The van der Waals surface area contributed by atoms with Crippen LogP contribution in [0.5, 0.6) is 0 Å². The molecule has 0 spiro atoms. The quantitative estimate of drug-likeness (QED) is 0.820. The Labute approximate surface area is 109 Å². The molecule has 0 radical (unpaired) electrons. The van der Waals surface area contributed by atoms with Gasteiger partial charge in [-0.25, -0.2) is 13.2 Å². The van der Waals surface area contributed by atoms with Crippen LogP contribution in [-0.2, 0) is 0 Å². The highest BCUT2D eigenvalue weighted by atomic mass is 19.2. The zero-order valence-electron chi connectivity index (χ0n) is 10.5. The Bertz CT molecular complexity index is 600. The van der Waals surface area contributed by atoms with Crippen LogP contribution in [0, 0.1) is 31.3 Å². The van der Waals surface area contributed by atoms with Gasteiger partial charge in [-0.05, 0) is 42.7 Å². The van der Waals surface area contributed by atoms with Crippen molar-refractivity contribution in [3.63, 3.8) is 0 Å². The lowest BCUT2D eigenvalue weighted by molar-refractivity contribution is 0.218. The molecule has 2 aromatic carbocycles. The van der Waals surface area contributed by atoms with Crippen molar-refractivity contribution in [3.05, 3.63) is 70.0 Å². The number of rotatable bonds is 2. The first-order valence-electron chi connectivity index (χ1n) is 5.80. The van der Waals surface area contributed by atoms with Gasteiger partial charge < -0.3 is 5.11 Å². The topological polar surface area (TPSA) is 20.2 Å². The number of hydrogen-bond donors (Lipinski definition) is 1. The molecule has 0 saturated heterocycles. The summed E-state index contributed by atoms with van der Waals surface area (Å²) in [5.41, 5.74) is 2.35. The minimum Gasteiger partial charge on any atom is -0.384 e. The first-order valence-corrected chi connectivity index (χ1v) is 5.80. The standard InChI is InChI=1S/C15H13F3O/c1-8-3-4-11(9(2)5-8)15(19)10-6-12(16)14(18)13(17)7-10/h3-7,15,19H,1-2H3. The maximum atomic E-state index is 13.2. The van der Waals surface area contributed by atoms with E-state index in [1.807, 2.05) is 13.0 Å². The van der Waals surface area contributed by atoms with E-state index in [1.165, 1.54) is 0 Å². The molecule has 0 heterocycles. The third kappa shape index (κ3) is 2.63. The predicted octanol–water partition coefficient (Wildman–Crippen LogP) is 3.80. The Hall–Kier alpha value is -1.81. The van der Waals surface area contributed by atoms with E-state index in [4.69, 9.17) is 0 Å². The van der Waals surface area contributed by atoms with Gasteiger partial charge in [0.2, 0.25) is 0 Å². The van der Waals surface area contributed by atoms with Crippen molar-refractivity contribution in [2.75, 3.05) is 0 Å². The second-order valence-corrected chi connectivity index (χ2v) is 4.56. The lowest BCUT2D eigenvalue weighted by Gasteiger charge is -2.15. The second-order valence-electron chi connectivity index (χ2n) is 4.56. The third-order valence-electron chi connectivity index (χ3n) is 3.04. The maximum Gasteiger partial charge on any atom is 0.194 e. The third-order valence-corrected chi connectivity index (χ3v) is 3.04. The van der Waals surface area contributed by atoms with Crippen LogP contribution in [0.25, 0.3) is 0 Å². The van der Waals surface area contributed by atoms with Crippen molar-refractivity contribution in [3.8, 4) is 0 Å². The lowest BCUT2D eigenvalue weighted by atomic mass is 9.96. The highest BCUT2D eigenvalue weighted by molar-refractivity contribution is 5.37. The van der Waals surface area contributed by atoms with Gasteiger partial charge in [0.25, 0.3) is 0 Å². The molecule has 1 N–H and O–H groups in total. The molecule has 1 nitrogen and oxygen atoms in total. The fourth-order valence-electron chi connectivity index (χ4n) is 2.04. The Morgan fingerprint density at radius 3 is 2.05 bits per heavy atom. The van der Waals surface area contributed by atoms with Crippen LogP contribution in [0.15, 0.2) is 30.3 Å². The fraction of sp³-hybridized carbons (Fsp3) is 0.200. The Kier molecular flexibility index (Phi) is 3.62. The zero-order valence-corrected chi connectivity index (χ0v) is 10.5. The first-order chi connectivity index (χ1) is 8.90. The predicted molar refractivity (Wildman–Crippen MR) is 66.3 cm³/mol. The van der Waals surface area contributed by atoms with Crippen LogP contribution < -0.4 is 0 Å². The molecule has 0 amide bonds. The minimum absolute atomic E-state index is 0.0108. The molecular formula is C15H13F3O. The molecule has 19 heavy (non-hydrogen) atoms. The number of aliphatic hydroxyl groups excluding tert-OH is 1. The van der Waals surface area contributed by atoms with Crippen molar-refractivity contribution in [1.82, 2.24) is 0 Å². The smallest absolute Gasteiger partial charge is 0.194 e. The highest BCUT2D eigenvalue weighted by Gasteiger charge is 2.18. The monoisotopic (exact) mass is 266 g/mol. The Morgan fingerprint density at radius 2 is 1.53 bits per heavy atom. The number of hydrogen-bond acceptors (Lipinski definition) is 1. The molecule has 0 aromatic heterocycles. The summed E-state index contributed by atoms with van der Waals surface area (Å²) in [5.74, 6) is -4.14. The van der Waals surface area contributed by atoms with Gasteiger partial charge in [0.15, 0.2) is 17.5 Å². The van der Waals surface area contributed by atoms with Gasteiger partial charge in [-0.15, -0.1) is 0 Å². The number of benzene rings is 2. The van der Waals surface area contributed by atoms with Crippen molar-refractivity contribution >= 4 is 0 Å². The minimum atomic E-state index is -1.53. The van der Waals surface area contributed by atoms with Gasteiger partial charge in [-0.3, -0.25) is 0 Å². The van der Waals surface area contributed by atoms with Gasteiger partial charge in [0.1, 0.15) is 6.10 Å². The summed E-state index contributed by atoms with van der Waals surface area (Å²) in [5, 5.41) is 10.1. The van der Waals surface area contributed by atoms with E-state index >= 15 is 0 Å². The van der Waals surface area contributed by atoms with Crippen LogP contribution in [0.2, 0.25) is 0 Å². The molecule has 2 rings (SSSR count). The summed E-state index contributed by atoms with van der Waals surface area (Å²) in [6.07, 6.45) is -1.19. The van der Waals surface area contributed by atoms with Gasteiger partial charge in [0.05, 0.1) is 0 Å². The van der Waals surface area contributed by atoms with E-state index in [2.05, 4.69) is 0 Å². The van der Waals surface area contributed by atoms with Crippen molar-refractivity contribution in [1.29, 1.82) is 0 Å². The fourth-order valence-corrected chi connectivity index (χ4v) is 2.04. The molecule has 0 aliphatic carbocycles. The van der Waals surface area contributed by atoms with Crippen molar-refractivity contribution in [2.24, 2.45) is 0 Å². The van der Waals surface area contributed by atoms with Crippen LogP contribution in [0.4, 0.5) is 13.2 Å². The van der Waals surface area contributed by atoms with Gasteiger partial charge in [0, 0.05) is 0 Å². The van der Waals surface area contributed by atoms with E-state index in [-0.39, 0.29) is 5.56 Å². The first kappa shape index (κ1) is 13.6. The molecule has 0 aliphatic heterocycles. The summed E-state index contributed by atoms with van der Waals surface area (Å²) in [7, 11) is 0. The van der Waals surface area contributed by atoms with Crippen molar-refractivity contribution < 1.29 is 18.3 Å². The summed E-state index contributed by atoms with van der Waals surface area (Å²) in [4.78, 5) is 0. The Balaban J connectivity index is 2.47. The van der Waals surface area contributed by atoms with E-state index in [9.17, 15) is 18.3 Å². The van der Waals surface area contributed by atoms with Crippen LogP contribution in [-0.4, -0.2) is 5.11 Å². The van der Waals surface area contributed by atoms with Gasteiger partial charge >= 0.3 is 0 Å². The van der Waals surface area contributed by atoms with Crippen LogP contribution in [0.1, 0.15) is 28.4 Å². The average Bonchev–Trinajstić information content (AvgIpc) is 2.34. The molecular weight excluding hydrogens is 253 g/mol. The maximum absolute atomic E-state index is 13.2. The van der Waals surface area contributed by atoms with E-state index in [0.29, 0.717) is 5.56 Å². The number of aliphatic hydroxyl groups is 1. The number of aryl methyl sites for hydroxylation is 2. The number of halogens is 3. The van der Waals surface area contributed by atoms with Gasteiger partial charge in [-0.1, -0.05) is 23.8 Å². The van der Waals surface area contributed by atoms with E-state index in [1.54, 1.807) is 19.1 Å². The molecule has 1 unspecified atom stereocenters. The summed E-state index contributed by atoms with van der Waals surface area (Å²) < 4.78 is 39.2. The molecule has 2 aromatic rings. The van der Waals surface area contributed by atoms with Gasteiger partial charge in [-0.2, -0.15) is 0 Å². The molecule has 1 atom stereocenters.